The number of amides is 2. The number of nitrogens with two attached hydrogens (primary N) is 1. The van der Waals surface area contributed by atoms with Gasteiger partial charge in [0.05, 0.1) is 0 Å². The van der Waals surface area contributed by atoms with Gasteiger partial charge < -0.3 is 5.73 Å². The van der Waals surface area contributed by atoms with E-state index >= 15 is 0 Å². The van der Waals surface area contributed by atoms with E-state index in [2.05, 4.69) is 4.28 Å². The third-order valence-electron chi connectivity index (χ3n) is 4.21. The standard InChI is InChI=1S/C12H15F3N2O5S/c13-12(14,15)23(20,21)22-17-11(19)5-9-7-2-1-6(3-7)8(9)4-10(16)18/h1-2,6-9H,3-5H2,(H2,16,18)(H,17,19). The van der Waals surface area contributed by atoms with Crippen LogP contribution in [0.2, 0.25) is 0 Å². The number of primary amides is 1. The molecule has 2 aliphatic carbocycles. The molecule has 0 heterocycles. The molecule has 2 aliphatic rings. The van der Waals surface area contributed by atoms with Crippen LogP contribution < -0.4 is 11.2 Å². The van der Waals surface area contributed by atoms with Crippen LogP contribution in [0.1, 0.15) is 19.3 Å². The van der Waals surface area contributed by atoms with Gasteiger partial charge in [-0.15, -0.1) is 4.28 Å². The summed E-state index contributed by atoms with van der Waals surface area (Å²) < 4.78 is 61.2. The first-order valence-electron chi connectivity index (χ1n) is 6.76. The third-order valence-corrected chi connectivity index (χ3v) is 5.08. The summed E-state index contributed by atoms with van der Waals surface area (Å²) in [5.41, 5.74) is 0.850. The quantitative estimate of drug-likeness (QED) is 0.410. The average Bonchev–Trinajstić information content (AvgIpc) is 2.98. The summed E-state index contributed by atoms with van der Waals surface area (Å²) in [5, 5.41) is 0. The lowest BCUT2D eigenvalue weighted by atomic mass is 9.79. The van der Waals surface area contributed by atoms with Gasteiger partial charge in [0.15, 0.2) is 0 Å². The Balaban J connectivity index is 1.95. The molecule has 0 radical (unpaired) electrons. The minimum Gasteiger partial charge on any atom is -0.370 e. The zero-order valence-corrected chi connectivity index (χ0v) is 12.6. The van der Waals surface area contributed by atoms with Crippen molar-refractivity contribution < 1.29 is 35.5 Å². The van der Waals surface area contributed by atoms with Crippen LogP contribution in [-0.4, -0.2) is 25.7 Å². The van der Waals surface area contributed by atoms with Crippen molar-refractivity contribution in [1.82, 2.24) is 5.48 Å². The highest BCUT2D eigenvalue weighted by Crippen LogP contribution is 2.50. The second kappa shape index (κ2) is 6.11. The van der Waals surface area contributed by atoms with E-state index in [9.17, 15) is 31.2 Å². The molecule has 2 rings (SSSR count). The van der Waals surface area contributed by atoms with Gasteiger partial charge in [-0.25, -0.2) is 5.48 Å². The van der Waals surface area contributed by atoms with E-state index < -0.39 is 27.4 Å². The van der Waals surface area contributed by atoms with Gasteiger partial charge in [-0.05, 0) is 30.1 Å². The van der Waals surface area contributed by atoms with Crippen molar-refractivity contribution in [1.29, 1.82) is 0 Å². The molecule has 0 spiro atoms. The Hall–Kier alpha value is -1.62. The van der Waals surface area contributed by atoms with Crippen LogP contribution >= 0.6 is 0 Å². The van der Waals surface area contributed by atoms with E-state index in [4.69, 9.17) is 5.73 Å². The third kappa shape index (κ3) is 3.83. The van der Waals surface area contributed by atoms with E-state index in [1.807, 2.05) is 12.2 Å². The highest BCUT2D eigenvalue weighted by atomic mass is 32.2. The summed E-state index contributed by atoms with van der Waals surface area (Å²) >= 11 is 0. The largest absolute Gasteiger partial charge is 0.525 e. The number of alkyl halides is 3. The number of allylic oxidation sites excluding steroid dienone is 2. The van der Waals surface area contributed by atoms with E-state index in [1.54, 1.807) is 0 Å². The zero-order valence-electron chi connectivity index (χ0n) is 11.7. The molecule has 3 N–H and O–H groups in total. The summed E-state index contributed by atoms with van der Waals surface area (Å²) in [5.74, 6) is -1.92. The van der Waals surface area contributed by atoms with Gasteiger partial charge in [0.1, 0.15) is 0 Å². The molecule has 0 aromatic rings. The first-order valence-corrected chi connectivity index (χ1v) is 8.17. The summed E-state index contributed by atoms with van der Waals surface area (Å²) in [6.07, 6.45) is 4.35. The van der Waals surface area contributed by atoms with E-state index in [0.717, 1.165) is 6.42 Å². The Morgan fingerprint density at radius 1 is 1.17 bits per heavy atom. The highest BCUT2D eigenvalue weighted by molar-refractivity contribution is 7.87. The minimum absolute atomic E-state index is 0.00863. The fourth-order valence-electron chi connectivity index (χ4n) is 3.27. The van der Waals surface area contributed by atoms with Gasteiger partial charge in [0, 0.05) is 12.8 Å². The fourth-order valence-corrected chi connectivity index (χ4v) is 3.57. The number of carbonyl (C=O) groups excluding carboxylic acids is 2. The normalized spacial score (nSPS) is 29.7. The number of fused-ring (bicyclic) bond motifs is 2. The topological polar surface area (TPSA) is 116 Å². The highest BCUT2D eigenvalue weighted by Gasteiger charge is 2.49. The summed E-state index contributed by atoms with van der Waals surface area (Å²) in [7, 11) is -5.89. The summed E-state index contributed by atoms with van der Waals surface area (Å²) in [6, 6.07) is 0. The molecule has 1 fully saturated rings. The molecule has 2 amide bonds. The Bertz CT molecular complexity index is 631. The Labute approximate surface area is 130 Å². The van der Waals surface area contributed by atoms with Crippen LogP contribution in [0.15, 0.2) is 12.2 Å². The predicted molar refractivity (Wildman–Crippen MR) is 70.3 cm³/mol. The van der Waals surface area contributed by atoms with Crippen LogP contribution in [0, 0.1) is 23.7 Å². The smallest absolute Gasteiger partial charge is 0.370 e. The minimum atomic E-state index is -5.89. The molecular weight excluding hydrogens is 341 g/mol. The van der Waals surface area contributed by atoms with Crippen molar-refractivity contribution in [3.63, 3.8) is 0 Å². The van der Waals surface area contributed by atoms with Crippen molar-refractivity contribution >= 4 is 21.9 Å². The first-order chi connectivity index (χ1) is 10.5. The second-order valence-corrected chi connectivity index (χ2v) is 7.20. The van der Waals surface area contributed by atoms with Crippen LogP contribution in [0.25, 0.3) is 0 Å². The number of hydroxylamine groups is 1. The second-order valence-electron chi connectivity index (χ2n) is 5.66. The average molecular weight is 356 g/mol. The maximum atomic E-state index is 12.1. The van der Waals surface area contributed by atoms with E-state index in [0.29, 0.717) is 0 Å². The van der Waals surface area contributed by atoms with E-state index in [-0.39, 0.29) is 36.5 Å². The lowest BCUT2D eigenvalue weighted by molar-refractivity contribution is -0.130. The number of carbonyl (C=O) groups is 2. The van der Waals surface area contributed by atoms with Crippen LogP contribution in [0.4, 0.5) is 13.2 Å². The van der Waals surface area contributed by atoms with Crippen LogP contribution in [-0.2, 0) is 24.0 Å². The van der Waals surface area contributed by atoms with Gasteiger partial charge >= 0.3 is 15.6 Å². The zero-order chi connectivity index (χ0) is 17.4. The number of rotatable bonds is 6. The van der Waals surface area contributed by atoms with Crippen LogP contribution in [0.5, 0.6) is 0 Å². The van der Waals surface area contributed by atoms with Crippen LogP contribution in [0.3, 0.4) is 0 Å². The molecule has 11 heteroatoms. The molecule has 1 saturated carbocycles. The van der Waals surface area contributed by atoms with Crippen molar-refractivity contribution in [2.24, 2.45) is 29.4 Å². The molecule has 0 aromatic heterocycles. The lowest BCUT2D eigenvalue weighted by Gasteiger charge is -2.26. The van der Waals surface area contributed by atoms with Gasteiger partial charge in [-0.3, -0.25) is 9.59 Å². The number of nitrogens with one attached hydrogen (secondary N) is 1. The van der Waals surface area contributed by atoms with Crippen molar-refractivity contribution in [2.45, 2.75) is 24.8 Å². The van der Waals surface area contributed by atoms with Gasteiger partial charge in [-0.2, -0.15) is 21.6 Å². The fraction of sp³-hybridized carbons (Fsp3) is 0.667. The first kappa shape index (κ1) is 17.7. The SMILES string of the molecule is NC(=O)CC1C2C=CC(C2)C1CC(=O)NOS(=O)(=O)C(F)(F)F. The monoisotopic (exact) mass is 356 g/mol. The summed E-state index contributed by atoms with van der Waals surface area (Å²) in [6.45, 7) is 0. The van der Waals surface area contributed by atoms with Gasteiger partial charge in [-0.1, -0.05) is 12.2 Å². The Kier molecular flexibility index (Phi) is 4.71. The molecule has 2 bridgehead atoms. The summed E-state index contributed by atoms with van der Waals surface area (Å²) in [4.78, 5) is 22.8. The van der Waals surface area contributed by atoms with E-state index in [1.165, 1.54) is 5.48 Å². The molecule has 23 heavy (non-hydrogen) atoms. The van der Waals surface area contributed by atoms with Gasteiger partial charge in [0.2, 0.25) is 11.8 Å². The van der Waals surface area contributed by atoms with Crippen molar-refractivity contribution in [2.75, 3.05) is 0 Å². The Morgan fingerprint density at radius 2 is 1.70 bits per heavy atom. The molecular formula is C12H15F3N2O5S. The molecule has 4 unspecified atom stereocenters. The number of hydrogen-bond donors (Lipinski definition) is 2. The molecule has 4 atom stereocenters. The number of halogens is 3. The molecule has 0 aromatic carbocycles. The molecule has 0 aliphatic heterocycles. The predicted octanol–water partition coefficient (Wildman–Crippen LogP) is 0.588. The van der Waals surface area contributed by atoms with Crippen molar-refractivity contribution in [3.8, 4) is 0 Å². The van der Waals surface area contributed by atoms with Crippen molar-refractivity contribution in [3.05, 3.63) is 12.2 Å². The molecule has 7 nitrogen and oxygen atoms in total. The number of hydrogen-bond acceptors (Lipinski definition) is 5. The Morgan fingerprint density at radius 3 is 2.17 bits per heavy atom. The molecule has 0 saturated heterocycles. The maximum absolute atomic E-state index is 12.1. The lowest BCUT2D eigenvalue weighted by Crippen LogP contribution is -2.36. The maximum Gasteiger partial charge on any atom is 0.525 e. The molecule has 130 valence electrons. The van der Waals surface area contributed by atoms with Gasteiger partial charge in [0.25, 0.3) is 0 Å².